The molecule has 0 radical (unpaired) electrons. The molecule has 1 atom stereocenters. The molecule has 6 heteroatoms. The molecule has 27 heavy (non-hydrogen) atoms. The Kier molecular flexibility index (Phi) is 6.59. The van der Waals surface area contributed by atoms with Crippen molar-refractivity contribution in [1.82, 2.24) is 0 Å². The molecular weight excluding hydrogens is 372 g/mol. The smallest absolute Gasteiger partial charge is 0.417 e. The van der Waals surface area contributed by atoms with Crippen LogP contribution in [0.15, 0.2) is 30.3 Å². The van der Waals surface area contributed by atoms with Gasteiger partial charge in [-0.1, -0.05) is 53.1 Å². The molecule has 0 saturated heterocycles. The van der Waals surface area contributed by atoms with Gasteiger partial charge in [-0.05, 0) is 47.8 Å². The highest BCUT2D eigenvalue weighted by atomic mass is 31.1. The van der Waals surface area contributed by atoms with Crippen molar-refractivity contribution in [3.8, 4) is 5.75 Å². The van der Waals surface area contributed by atoms with Gasteiger partial charge < -0.3 is 9.47 Å². The number of halogens is 3. The van der Waals surface area contributed by atoms with Gasteiger partial charge in [0.05, 0.1) is 5.56 Å². The van der Waals surface area contributed by atoms with Crippen LogP contribution < -0.4 is 15.3 Å². The van der Waals surface area contributed by atoms with Gasteiger partial charge in [0.15, 0.2) is 6.79 Å². The zero-order valence-corrected chi connectivity index (χ0v) is 17.5. The third-order valence-corrected chi connectivity index (χ3v) is 5.56. The highest BCUT2D eigenvalue weighted by Gasteiger charge is 2.33. The fourth-order valence-electron chi connectivity index (χ4n) is 2.76. The minimum atomic E-state index is -4.39. The van der Waals surface area contributed by atoms with Crippen molar-refractivity contribution in [3.05, 3.63) is 52.6 Å². The van der Waals surface area contributed by atoms with E-state index in [2.05, 4.69) is 20.8 Å². The summed E-state index contributed by atoms with van der Waals surface area (Å²) in [7, 11) is 1.34. The number of hydrogen-bond donors (Lipinski definition) is 0. The molecule has 0 amide bonds. The Morgan fingerprint density at radius 2 is 1.63 bits per heavy atom. The monoisotopic (exact) mass is 398 g/mol. The minimum absolute atomic E-state index is 0.0488. The number of aryl methyl sites for hydroxylation is 2. The quantitative estimate of drug-likeness (QED) is 0.507. The summed E-state index contributed by atoms with van der Waals surface area (Å²) in [5, 5.41) is 1.02. The van der Waals surface area contributed by atoms with Crippen LogP contribution in [0.2, 0.25) is 0 Å². The van der Waals surface area contributed by atoms with Gasteiger partial charge in [0, 0.05) is 12.4 Å². The molecule has 0 aliphatic heterocycles. The Morgan fingerprint density at radius 1 is 0.963 bits per heavy atom. The average molecular weight is 398 g/mol. The van der Waals surface area contributed by atoms with Crippen LogP contribution in [-0.2, 0) is 16.3 Å². The molecule has 2 aromatic carbocycles. The Balaban J connectivity index is 2.59. The van der Waals surface area contributed by atoms with Gasteiger partial charge in [0.2, 0.25) is 0 Å². The largest absolute Gasteiger partial charge is 0.467 e. The normalized spacial score (nSPS) is 12.8. The summed E-state index contributed by atoms with van der Waals surface area (Å²) in [6.45, 7) is 9.87. The van der Waals surface area contributed by atoms with E-state index in [9.17, 15) is 13.2 Å². The van der Waals surface area contributed by atoms with Gasteiger partial charge in [0.25, 0.3) is 0 Å². The fraction of sp³-hybridized carbons (Fsp3) is 0.429. The molecule has 0 spiro atoms. The highest BCUT2D eigenvalue weighted by molar-refractivity contribution is 7.55. The van der Waals surface area contributed by atoms with Gasteiger partial charge in [-0.15, -0.1) is 0 Å². The maximum Gasteiger partial charge on any atom is 0.417 e. The van der Waals surface area contributed by atoms with Crippen molar-refractivity contribution in [3.63, 3.8) is 0 Å². The zero-order valence-electron chi connectivity index (χ0n) is 16.5. The molecule has 1 unspecified atom stereocenters. The second-order valence-electron chi connectivity index (χ2n) is 7.64. The predicted octanol–water partition coefficient (Wildman–Crippen LogP) is 5.23. The Morgan fingerprint density at radius 3 is 2.19 bits per heavy atom. The van der Waals surface area contributed by atoms with Gasteiger partial charge in [-0.3, -0.25) is 0 Å². The van der Waals surface area contributed by atoms with Crippen LogP contribution in [0, 0.1) is 13.8 Å². The highest BCUT2D eigenvalue weighted by Crippen LogP contribution is 2.35. The Labute approximate surface area is 160 Å². The average Bonchev–Trinajstić information content (AvgIpc) is 2.53. The lowest BCUT2D eigenvalue weighted by atomic mass is 9.86. The molecule has 0 saturated carbocycles. The summed E-state index contributed by atoms with van der Waals surface area (Å²) >= 11 is 0. The van der Waals surface area contributed by atoms with E-state index < -0.39 is 11.7 Å². The third kappa shape index (κ3) is 5.46. The van der Waals surface area contributed by atoms with Crippen LogP contribution in [0.5, 0.6) is 5.75 Å². The molecule has 2 nitrogen and oxygen atoms in total. The number of methoxy groups -OCH3 is 1. The van der Waals surface area contributed by atoms with Crippen LogP contribution >= 0.6 is 8.58 Å². The first-order valence-corrected chi connectivity index (χ1v) is 9.65. The molecule has 0 N–H and O–H groups in total. The van der Waals surface area contributed by atoms with E-state index >= 15 is 0 Å². The number of hydrogen-bond acceptors (Lipinski definition) is 2. The van der Waals surface area contributed by atoms with Crippen molar-refractivity contribution in [2.75, 3.05) is 13.9 Å². The van der Waals surface area contributed by atoms with E-state index in [4.69, 9.17) is 9.47 Å². The van der Waals surface area contributed by atoms with Gasteiger partial charge >= 0.3 is 6.18 Å². The second-order valence-corrected chi connectivity index (χ2v) is 8.97. The second kappa shape index (κ2) is 8.20. The van der Waals surface area contributed by atoms with Gasteiger partial charge in [-0.2, -0.15) is 13.2 Å². The number of alkyl halides is 3. The van der Waals surface area contributed by atoms with Crippen LogP contribution in [0.4, 0.5) is 13.2 Å². The summed E-state index contributed by atoms with van der Waals surface area (Å²) in [4.78, 5) is 0. The number of rotatable bonds is 5. The standard InChI is InChI=1S/C21H26F3O2P/c1-13-7-8-17(16(9-13)21(22,23)24)27-18-11-15(20(3,4)5)10-14(2)19(18)26-12-25-6/h7-11,27H,12H2,1-6H3. The zero-order chi connectivity index (χ0) is 20.4. The van der Waals surface area contributed by atoms with Crippen molar-refractivity contribution in [2.45, 2.75) is 46.2 Å². The first kappa shape index (κ1) is 21.7. The summed E-state index contributed by atoms with van der Waals surface area (Å²) in [5.41, 5.74) is 1.84. The molecule has 148 valence electrons. The summed E-state index contributed by atoms with van der Waals surface area (Å²) in [6, 6.07) is 8.47. The van der Waals surface area contributed by atoms with Crippen molar-refractivity contribution < 1.29 is 22.6 Å². The molecule has 0 heterocycles. The number of benzene rings is 2. The third-order valence-electron chi connectivity index (χ3n) is 4.21. The Hall–Kier alpha value is -1.58. The maximum atomic E-state index is 13.5. The van der Waals surface area contributed by atoms with Gasteiger partial charge in [-0.25, -0.2) is 0 Å². The molecule has 0 aromatic heterocycles. The molecule has 0 aliphatic rings. The van der Waals surface area contributed by atoms with E-state index in [0.717, 1.165) is 16.4 Å². The molecular formula is C21H26F3O2P. The lowest BCUT2D eigenvalue weighted by Gasteiger charge is -2.24. The van der Waals surface area contributed by atoms with Gasteiger partial charge in [0.1, 0.15) is 5.75 Å². The maximum absolute atomic E-state index is 13.5. The van der Waals surface area contributed by atoms with E-state index in [-0.39, 0.29) is 26.1 Å². The van der Waals surface area contributed by atoms with E-state index in [1.54, 1.807) is 19.1 Å². The summed E-state index contributed by atoms with van der Waals surface area (Å²) in [6.07, 6.45) is -4.39. The number of ether oxygens (including phenoxy) is 2. The van der Waals surface area contributed by atoms with Crippen LogP contribution in [0.25, 0.3) is 0 Å². The van der Waals surface area contributed by atoms with E-state index in [1.165, 1.54) is 13.2 Å². The van der Waals surface area contributed by atoms with Crippen molar-refractivity contribution in [2.24, 2.45) is 0 Å². The summed E-state index contributed by atoms with van der Waals surface area (Å²) < 4.78 is 51.3. The predicted molar refractivity (Wildman–Crippen MR) is 106 cm³/mol. The molecule has 2 rings (SSSR count). The van der Waals surface area contributed by atoms with E-state index in [0.29, 0.717) is 11.3 Å². The fourth-order valence-corrected chi connectivity index (χ4v) is 4.17. The Bertz CT molecular complexity index is 808. The van der Waals surface area contributed by atoms with E-state index in [1.807, 2.05) is 19.1 Å². The molecule has 0 aliphatic carbocycles. The summed E-state index contributed by atoms with van der Waals surface area (Å²) in [5.74, 6) is 0.594. The van der Waals surface area contributed by atoms with Crippen molar-refractivity contribution >= 4 is 19.2 Å². The molecule has 2 aromatic rings. The first-order chi connectivity index (χ1) is 12.4. The molecule has 0 fully saturated rings. The topological polar surface area (TPSA) is 18.5 Å². The van der Waals surface area contributed by atoms with Crippen LogP contribution in [-0.4, -0.2) is 13.9 Å². The van der Waals surface area contributed by atoms with Crippen molar-refractivity contribution in [1.29, 1.82) is 0 Å². The van der Waals surface area contributed by atoms with Crippen LogP contribution in [0.3, 0.4) is 0 Å². The van der Waals surface area contributed by atoms with Crippen LogP contribution in [0.1, 0.15) is 43.0 Å². The minimum Gasteiger partial charge on any atom is -0.467 e. The SMILES string of the molecule is COCOc1c(C)cc(C(C)(C)C)cc1Pc1ccc(C)cc1C(F)(F)F. The molecule has 0 bridgehead atoms. The first-order valence-electron chi connectivity index (χ1n) is 8.65. The lowest BCUT2D eigenvalue weighted by Crippen LogP contribution is -2.21. The lowest BCUT2D eigenvalue weighted by molar-refractivity contribution is -0.136.